The Morgan fingerprint density at radius 3 is 2.12 bits per heavy atom. The summed E-state index contributed by atoms with van der Waals surface area (Å²) in [5, 5.41) is 8.14. The summed E-state index contributed by atoms with van der Waals surface area (Å²) in [6.45, 7) is 2.13. The molecule has 0 aliphatic carbocycles. The maximum Gasteiger partial charge on any atom is 0.251 e. The molecule has 0 aliphatic rings. The second-order valence-corrected chi connectivity index (χ2v) is 5.53. The highest BCUT2D eigenvalue weighted by Gasteiger charge is 2.06. The van der Waals surface area contributed by atoms with Crippen molar-refractivity contribution in [3.63, 3.8) is 0 Å². The first kappa shape index (κ1) is 18.2. The zero-order valence-electron chi connectivity index (χ0n) is 14.0. The van der Waals surface area contributed by atoms with Crippen molar-refractivity contribution < 1.29 is 14.4 Å². The molecular weight excluding hydrogens is 318 g/mol. The standard InChI is InChI=1S/C19H21N3O3/c1-14(23)22-17-9-7-16(8-10-17)19(25)21-12-11-20-18(24)13-15-5-3-2-4-6-15/h2-10H,11-13H2,1H3,(H,20,24)(H,21,25)(H,22,23). The lowest BCUT2D eigenvalue weighted by Gasteiger charge is -2.08. The molecule has 0 saturated carbocycles. The fraction of sp³-hybridized carbons (Fsp3) is 0.211. The number of anilines is 1. The van der Waals surface area contributed by atoms with E-state index in [4.69, 9.17) is 0 Å². The number of amides is 3. The van der Waals surface area contributed by atoms with Crippen LogP contribution in [0.1, 0.15) is 22.8 Å². The monoisotopic (exact) mass is 339 g/mol. The first-order valence-electron chi connectivity index (χ1n) is 8.01. The normalized spacial score (nSPS) is 9.96. The van der Waals surface area contributed by atoms with E-state index in [-0.39, 0.29) is 17.7 Å². The fourth-order valence-electron chi connectivity index (χ4n) is 2.23. The summed E-state index contributed by atoms with van der Waals surface area (Å²) in [5.74, 6) is -0.477. The molecule has 25 heavy (non-hydrogen) atoms. The van der Waals surface area contributed by atoms with E-state index < -0.39 is 0 Å². The molecule has 0 aliphatic heterocycles. The molecule has 2 aromatic rings. The van der Waals surface area contributed by atoms with Gasteiger partial charge in [0.2, 0.25) is 11.8 Å². The van der Waals surface area contributed by atoms with Crippen molar-refractivity contribution in [2.45, 2.75) is 13.3 Å². The lowest BCUT2D eigenvalue weighted by atomic mass is 10.1. The summed E-state index contributed by atoms with van der Waals surface area (Å²) < 4.78 is 0. The van der Waals surface area contributed by atoms with E-state index in [1.807, 2.05) is 30.3 Å². The Bertz CT molecular complexity index is 727. The minimum atomic E-state index is -0.230. The van der Waals surface area contributed by atoms with Gasteiger partial charge in [0.15, 0.2) is 0 Å². The Kier molecular flexibility index (Phi) is 6.71. The van der Waals surface area contributed by atoms with E-state index in [1.54, 1.807) is 24.3 Å². The van der Waals surface area contributed by atoms with Crippen LogP contribution in [0.5, 0.6) is 0 Å². The minimum absolute atomic E-state index is 0.0832. The van der Waals surface area contributed by atoms with Crippen LogP contribution in [0, 0.1) is 0 Å². The Morgan fingerprint density at radius 1 is 0.840 bits per heavy atom. The Hall–Kier alpha value is -3.15. The second kappa shape index (κ2) is 9.22. The van der Waals surface area contributed by atoms with E-state index in [9.17, 15) is 14.4 Å². The second-order valence-electron chi connectivity index (χ2n) is 5.53. The lowest BCUT2D eigenvalue weighted by molar-refractivity contribution is -0.120. The third kappa shape index (κ3) is 6.47. The van der Waals surface area contributed by atoms with Crippen LogP contribution < -0.4 is 16.0 Å². The minimum Gasteiger partial charge on any atom is -0.354 e. The first-order valence-corrected chi connectivity index (χ1v) is 8.01. The first-order chi connectivity index (χ1) is 12.0. The van der Waals surface area contributed by atoms with Crippen LogP contribution in [0.4, 0.5) is 5.69 Å². The number of rotatable bonds is 7. The molecule has 0 atom stereocenters. The average Bonchev–Trinajstić information content (AvgIpc) is 2.59. The van der Waals surface area contributed by atoms with E-state index in [2.05, 4.69) is 16.0 Å². The number of hydrogen-bond donors (Lipinski definition) is 3. The van der Waals surface area contributed by atoms with E-state index in [1.165, 1.54) is 6.92 Å². The van der Waals surface area contributed by atoms with Gasteiger partial charge in [-0.05, 0) is 29.8 Å². The zero-order valence-corrected chi connectivity index (χ0v) is 14.0. The van der Waals surface area contributed by atoms with Gasteiger partial charge < -0.3 is 16.0 Å². The third-order valence-corrected chi connectivity index (χ3v) is 3.41. The molecule has 0 aromatic heterocycles. The smallest absolute Gasteiger partial charge is 0.251 e. The summed E-state index contributed by atoms with van der Waals surface area (Å²) in [6.07, 6.45) is 0.319. The summed E-state index contributed by atoms with van der Waals surface area (Å²) >= 11 is 0. The van der Waals surface area contributed by atoms with Crippen molar-refractivity contribution in [3.05, 3.63) is 65.7 Å². The molecule has 0 bridgehead atoms. The SMILES string of the molecule is CC(=O)Nc1ccc(C(=O)NCCNC(=O)Cc2ccccc2)cc1. The quantitative estimate of drug-likeness (QED) is 0.672. The largest absolute Gasteiger partial charge is 0.354 e. The Balaban J connectivity index is 1.69. The Labute approximate surface area is 146 Å². The van der Waals surface area contributed by atoms with Crippen LogP contribution in [-0.2, 0) is 16.0 Å². The van der Waals surface area contributed by atoms with E-state index >= 15 is 0 Å². The molecule has 0 unspecified atom stereocenters. The Morgan fingerprint density at radius 2 is 1.48 bits per heavy atom. The van der Waals surface area contributed by atoms with Gasteiger partial charge in [-0.2, -0.15) is 0 Å². The summed E-state index contributed by atoms with van der Waals surface area (Å²) in [5.41, 5.74) is 2.07. The van der Waals surface area contributed by atoms with Crippen LogP contribution in [0.3, 0.4) is 0 Å². The summed E-state index contributed by atoms with van der Waals surface area (Å²) in [7, 11) is 0. The number of benzene rings is 2. The van der Waals surface area contributed by atoms with Gasteiger partial charge in [0.1, 0.15) is 0 Å². The van der Waals surface area contributed by atoms with E-state index in [0.29, 0.717) is 30.8 Å². The van der Waals surface area contributed by atoms with Gasteiger partial charge in [0.25, 0.3) is 5.91 Å². The highest BCUT2D eigenvalue weighted by Crippen LogP contribution is 2.09. The molecule has 2 aromatic carbocycles. The van der Waals surface area contributed by atoms with Crippen molar-refractivity contribution in [1.82, 2.24) is 10.6 Å². The molecule has 6 heteroatoms. The van der Waals surface area contributed by atoms with Gasteiger partial charge in [-0.25, -0.2) is 0 Å². The zero-order chi connectivity index (χ0) is 18.1. The molecule has 130 valence electrons. The average molecular weight is 339 g/mol. The predicted octanol–water partition coefficient (Wildman–Crippen LogP) is 1.73. The summed E-state index contributed by atoms with van der Waals surface area (Å²) in [6, 6.07) is 16.1. The van der Waals surface area contributed by atoms with Crippen LogP contribution >= 0.6 is 0 Å². The molecule has 6 nitrogen and oxygen atoms in total. The molecule has 0 radical (unpaired) electrons. The van der Waals surface area contributed by atoms with Crippen molar-refractivity contribution in [2.75, 3.05) is 18.4 Å². The fourth-order valence-corrected chi connectivity index (χ4v) is 2.23. The van der Waals surface area contributed by atoms with Gasteiger partial charge in [-0.3, -0.25) is 14.4 Å². The molecular formula is C19H21N3O3. The third-order valence-electron chi connectivity index (χ3n) is 3.41. The van der Waals surface area contributed by atoms with E-state index in [0.717, 1.165) is 5.56 Å². The van der Waals surface area contributed by atoms with Gasteiger partial charge >= 0.3 is 0 Å². The summed E-state index contributed by atoms with van der Waals surface area (Å²) in [4.78, 5) is 34.7. The molecule has 0 saturated heterocycles. The van der Waals surface area contributed by atoms with Crippen molar-refractivity contribution in [1.29, 1.82) is 0 Å². The van der Waals surface area contributed by atoms with Crippen LogP contribution in [0.25, 0.3) is 0 Å². The molecule has 3 amide bonds. The molecule has 0 spiro atoms. The number of hydrogen-bond acceptors (Lipinski definition) is 3. The van der Waals surface area contributed by atoms with Gasteiger partial charge in [-0.15, -0.1) is 0 Å². The van der Waals surface area contributed by atoms with Gasteiger partial charge in [0, 0.05) is 31.3 Å². The molecule has 2 rings (SSSR count). The highest BCUT2D eigenvalue weighted by molar-refractivity contribution is 5.95. The van der Waals surface area contributed by atoms with Crippen molar-refractivity contribution >= 4 is 23.4 Å². The molecule has 0 fully saturated rings. The predicted molar refractivity (Wildman–Crippen MR) is 96.2 cm³/mol. The van der Waals surface area contributed by atoms with Crippen LogP contribution in [-0.4, -0.2) is 30.8 Å². The number of nitrogens with one attached hydrogen (secondary N) is 3. The topological polar surface area (TPSA) is 87.3 Å². The molecule has 3 N–H and O–H groups in total. The van der Waals surface area contributed by atoms with Gasteiger partial charge in [-0.1, -0.05) is 30.3 Å². The maximum atomic E-state index is 12.0. The van der Waals surface area contributed by atoms with Crippen LogP contribution in [0.15, 0.2) is 54.6 Å². The highest BCUT2D eigenvalue weighted by atomic mass is 16.2. The van der Waals surface area contributed by atoms with Crippen molar-refractivity contribution in [2.24, 2.45) is 0 Å². The number of carbonyl (C=O) groups is 3. The molecule has 0 heterocycles. The van der Waals surface area contributed by atoms with Gasteiger partial charge in [0.05, 0.1) is 6.42 Å². The maximum absolute atomic E-state index is 12.0. The van der Waals surface area contributed by atoms with Crippen molar-refractivity contribution in [3.8, 4) is 0 Å². The lowest BCUT2D eigenvalue weighted by Crippen LogP contribution is -2.35. The van der Waals surface area contributed by atoms with Crippen LogP contribution in [0.2, 0.25) is 0 Å². The number of carbonyl (C=O) groups excluding carboxylic acids is 3.